The number of carbonyl (C=O) groups is 3. The summed E-state index contributed by atoms with van der Waals surface area (Å²) >= 11 is 0. The number of esters is 3. The molecule has 0 radical (unpaired) electrons. The molecule has 0 rings (SSSR count). The van der Waals surface area contributed by atoms with Gasteiger partial charge in [-0.25, -0.2) is 0 Å². The van der Waals surface area contributed by atoms with Crippen molar-refractivity contribution in [2.24, 2.45) is 0 Å². The Morgan fingerprint density at radius 1 is 0.282 bits per heavy atom. The first-order valence-corrected chi connectivity index (χ1v) is 30.8. The molecule has 0 aliphatic rings. The minimum Gasteiger partial charge on any atom is -0.462 e. The molecule has 0 saturated carbocycles. The van der Waals surface area contributed by atoms with E-state index in [1.165, 1.54) is 173 Å². The van der Waals surface area contributed by atoms with Gasteiger partial charge >= 0.3 is 17.9 Å². The lowest BCUT2D eigenvalue weighted by atomic mass is 10.0. The van der Waals surface area contributed by atoms with Crippen molar-refractivity contribution in [1.29, 1.82) is 0 Å². The van der Waals surface area contributed by atoms with Crippen LogP contribution in [0.5, 0.6) is 0 Å². The van der Waals surface area contributed by atoms with E-state index in [1.807, 2.05) is 0 Å². The van der Waals surface area contributed by atoms with E-state index in [-0.39, 0.29) is 31.1 Å². The van der Waals surface area contributed by atoms with Crippen molar-refractivity contribution in [3.05, 3.63) is 60.8 Å². The Kier molecular flexibility index (Phi) is 57.2. The van der Waals surface area contributed by atoms with E-state index in [2.05, 4.69) is 81.5 Å². The average molecular weight is 994 g/mol. The zero-order chi connectivity index (χ0) is 51.4. The summed E-state index contributed by atoms with van der Waals surface area (Å²) in [7, 11) is 0. The fourth-order valence-corrected chi connectivity index (χ4v) is 8.79. The van der Waals surface area contributed by atoms with Gasteiger partial charge in [0, 0.05) is 19.3 Å². The second-order valence-corrected chi connectivity index (χ2v) is 20.6. The van der Waals surface area contributed by atoms with Gasteiger partial charge in [-0.15, -0.1) is 0 Å². The normalized spacial score (nSPS) is 12.4. The van der Waals surface area contributed by atoms with Crippen LogP contribution < -0.4 is 0 Å². The molecule has 0 spiro atoms. The predicted octanol–water partition coefficient (Wildman–Crippen LogP) is 20.8. The molecule has 0 N–H and O–H groups in total. The van der Waals surface area contributed by atoms with Gasteiger partial charge in [-0.3, -0.25) is 14.4 Å². The zero-order valence-electron chi connectivity index (χ0n) is 47.2. The lowest BCUT2D eigenvalue weighted by Gasteiger charge is -2.18. The minimum atomic E-state index is -0.783. The van der Waals surface area contributed by atoms with Crippen LogP contribution in [-0.2, 0) is 28.6 Å². The molecular weight excluding hydrogens is 877 g/mol. The lowest BCUT2D eigenvalue weighted by molar-refractivity contribution is -0.167. The second kappa shape index (κ2) is 59.7. The number of unbranched alkanes of at least 4 members (excludes halogenated alkanes) is 35. The summed E-state index contributed by atoms with van der Waals surface area (Å²) in [5.41, 5.74) is 0. The van der Waals surface area contributed by atoms with Crippen LogP contribution in [0.1, 0.15) is 316 Å². The van der Waals surface area contributed by atoms with Crippen LogP contribution in [0.15, 0.2) is 60.8 Å². The molecule has 0 aliphatic carbocycles. The van der Waals surface area contributed by atoms with E-state index < -0.39 is 6.10 Å². The summed E-state index contributed by atoms with van der Waals surface area (Å²) in [6.07, 6.45) is 75.3. The van der Waals surface area contributed by atoms with Crippen LogP contribution in [0.25, 0.3) is 0 Å². The van der Waals surface area contributed by atoms with E-state index in [9.17, 15) is 14.4 Å². The molecule has 71 heavy (non-hydrogen) atoms. The van der Waals surface area contributed by atoms with Gasteiger partial charge in [-0.2, -0.15) is 0 Å². The van der Waals surface area contributed by atoms with Crippen molar-refractivity contribution < 1.29 is 28.6 Å². The van der Waals surface area contributed by atoms with Crippen molar-refractivity contribution in [3.8, 4) is 0 Å². The molecule has 1 unspecified atom stereocenters. The van der Waals surface area contributed by atoms with Gasteiger partial charge in [0.25, 0.3) is 0 Å². The first-order chi connectivity index (χ1) is 35.0. The quantitative estimate of drug-likeness (QED) is 0.0261. The van der Waals surface area contributed by atoms with Gasteiger partial charge in [-0.05, 0) is 96.3 Å². The standard InChI is InChI=1S/C65H116O6/c1-4-7-10-13-16-19-22-24-25-26-27-28-29-30-31-32-33-34-35-36-37-38-39-41-43-46-49-52-55-58-64(67)70-61-62(60-69-63(66)57-54-51-48-45-42-21-18-15-12-9-6-3)71-65(68)59-56-53-50-47-44-40-23-20-17-14-11-8-5-2/h11,14-15,18,20,22-24,26-27,62H,4-10,12-13,16-17,19,21,25,28-61H2,1-3H3/b14-11-,18-15-,23-20-,24-22-,27-26-. The van der Waals surface area contributed by atoms with Gasteiger partial charge in [-0.1, -0.05) is 261 Å². The van der Waals surface area contributed by atoms with Crippen molar-refractivity contribution in [3.63, 3.8) is 0 Å². The molecule has 0 aromatic carbocycles. The van der Waals surface area contributed by atoms with E-state index in [4.69, 9.17) is 14.2 Å². The Morgan fingerprint density at radius 2 is 0.549 bits per heavy atom. The maximum atomic E-state index is 12.8. The molecule has 0 amide bonds. The number of hydrogen-bond acceptors (Lipinski definition) is 6. The lowest BCUT2D eigenvalue weighted by Crippen LogP contribution is -2.30. The van der Waals surface area contributed by atoms with E-state index in [1.54, 1.807) is 0 Å². The molecule has 0 aromatic rings. The molecule has 412 valence electrons. The van der Waals surface area contributed by atoms with Gasteiger partial charge < -0.3 is 14.2 Å². The topological polar surface area (TPSA) is 78.9 Å². The fraction of sp³-hybridized carbons (Fsp3) is 0.800. The van der Waals surface area contributed by atoms with Crippen molar-refractivity contribution >= 4 is 17.9 Å². The molecule has 1 atom stereocenters. The molecule has 0 saturated heterocycles. The van der Waals surface area contributed by atoms with E-state index in [0.717, 1.165) is 103 Å². The average Bonchev–Trinajstić information content (AvgIpc) is 3.37. The molecule has 0 bridgehead atoms. The van der Waals surface area contributed by atoms with Crippen molar-refractivity contribution in [2.45, 2.75) is 322 Å². The summed E-state index contributed by atoms with van der Waals surface area (Å²) in [4.78, 5) is 38.1. The number of ether oxygens (including phenoxy) is 3. The maximum Gasteiger partial charge on any atom is 0.306 e. The van der Waals surface area contributed by atoms with Gasteiger partial charge in [0.15, 0.2) is 6.10 Å². The summed E-state index contributed by atoms with van der Waals surface area (Å²) in [5, 5.41) is 0. The van der Waals surface area contributed by atoms with E-state index >= 15 is 0 Å². The van der Waals surface area contributed by atoms with Gasteiger partial charge in [0.1, 0.15) is 13.2 Å². The Hall–Kier alpha value is -2.89. The van der Waals surface area contributed by atoms with Gasteiger partial charge in [0.2, 0.25) is 0 Å². The predicted molar refractivity (Wildman–Crippen MR) is 307 cm³/mol. The third-order valence-corrected chi connectivity index (χ3v) is 13.4. The SMILES string of the molecule is CCC/C=C\C/C=C\CCCCCCCC(=O)OC(COC(=O)CCCCCCC/C=C\CCCC)COC(=O)CCCCCCCCCCCCCCCCCCC/C=C\C/C=C\CCCCCCC. The number of hydrogen-bond donors (Lipinski definition) is 0. The number of allylic oxidation sites excluding steroid dienone is 10. The molecule has 6 nitrogen and oxygen atoms in total. The van der Waals surface area contributed by atoms with Crippen LogP contribution in [-0.4, -0.2) is 37.2 Å². The van der Waals surface area contributed by atoms with Crippen molar-refractivity contribution in [2.75, 3.05) is 13.2 Å². The molecular formula is C65H116O6. The second-order valence-electron chi connectivity index (χ2n) is 20.6. The van der Waals surface area contributed by atoms with Crippen LogP contribution in [0, 0.1) is 0 Å². The van der Waals surface area contributed by atoms with Crippen LogP contribution in [0.4, 0.5) is 0 Å². The summed E-state index contributed by atoms with van der Waals surface area (Å²) in [5.74, 6) is -0.894. The molecule has 0 aliphatic heterocycles. The van der Waals surface area contributed by atoms with Crippen LogP contribution in [0.2, 0.25) is 0 Å². The highest BCUT2D eigenvalue weighted by Crippen LogP contribution is 2.17. The Balaban J connectivity index is 4.13. The molecule has 6 heteroatoms. The molecule has 0 aromatic heterocycles. The minimum absolute atomic E-state index is 0.0804. The highest BCUT2D eigenvalue weighted by Gasteiger charge is 2.19. The first-order valence-electron chi connectivity index (χ1n) is 30.8. The van der Waals surface area contributed by atoms with Crippen LogP contribution >= 0.6 is 0 Å². The smallest absolute Gasteiger partial charge is 0.306 e. The summed E-state index contributed by atoms with van der Waals surface area (Å²) in [6.45, 7) is 6.53. The summed E-state index contributed by atoms with van der Waals surface area (Å²) < 4.78 is 16.8. The first kappa shape index (κ1) is 68.1. The monoisotopic (exact) mass is 993 g/mol. The van der Waals surface area contributed by atoms with Crippen LogP contribution in [0.3, 0.4) is 0 Å². The largest absolute Gasteiger partial charge is 0.462 e. The molecule has 0 fully saturated rings. The third-order valence-electron chi connectivity index (χ3n) is 13.4. The van der Waals surface area contributed by atoms with E-state index in [0.29, 0.717) is 19.3 Å². The summed E-state index contributed by atoms with van der Waals surface area (Å²) in [6, 6.07) is 0. The number of carbonyl (C=O) groups excluding carboxylic acids is 3. The highest BCUT2D eigenvalue weighted by molar-refractivity contribution is 5.71. The molecule has 0 heterocycles. The number of rotatable bonds is 56. The Morgan fingerprint density at radius 3 is 0.887 bits per heavy atom. The fourth-order valence-electron chi connectivity index (χ4n) is 8.79. The third kappa shape index (κ3) is 57.9. The van der Waals surface area contributed by atoms with Crippen molar-refractivity contribution in [1.82, 2.24) is 0 Å². The Bertz CT molecular complexity index is 1280. The van der Waals surface area contributed by atoms with Gasteiger partial charge in [0.05, 0.1) is 0 Å². The Labute approximate surface area is 440 Å². The highest BCUT2D eigenvalue weighted by atomic mass is 16.6. The maximum absolute atomic E-state index is 12.8. The zero-order valence-corrected chi connectivity index (χ0v) is 47.2.